The molecule has 21 heavy (non-hydrogen) atoms. The maximum Gasteiger partial charge on any atom is 0.241 e. The van der Waals surface area contributed by atoms with Gasteiger partial charge in [0.1, 0.15) is 5.41 Å². The largest absolute Gasteiger partial charge is 0.348 e. The molecule has 3 aliphatic rings. The van der Waals surface area contributed by atoms with Crippen molar-refractivity contribution in [3.05, 3.63) is 34.9 Å². The van der Waals surface area contributed by atoms with E-state index in [1.807, 2.05) is 6.92 Å². The minimum absolute atomic E-state index is 0.0545. The summed E-state index contributed by atoms with van der Waals surface area (Å²) >= 11 is 0. The quantitative estimate of drug-likeness (QED) is 0.923. The zero-order valence-corrected chi connectivity index (χ0v) is 12.9. The first-order valence-electron chi connectivity index (χ1n) is 7.75. The number of fused-ring (bicyclic) bond motifs is 1. The summed E-state index contributed by atoms with van der Waals surface area (Å²) in [5.74, 6) is 0.804. The molecule has 1 aromatic carbocycles. The molecule has 3 aliphatic carbocycles. The summed E-state index contributed by atoms with van der Waals surface area (Å²) < 4.78 is 0. The fourth-order valence-corrected chi connectivity index (χ4v) is 4.11. The molecule has 0 aliphatic heterocycles. The van der Waals surface area contributed by atoms with Crippen LogP contribution in [0.4, 0.5) is 0 Å². The van der Waals surface area contributed by atoms with Gasteiger partial charge in [-0.2, -0.15) is 5.26 Å². The standard InChI is InChI=1S/C18H22N2O/c1-11-4-5-16(12(2)6-11)13(3)20-17(21)18(10-19)9-14-7-15(18)8-14/h4-6,13-15H,7-9H2,1-3H3,(H,20,21). The molecule has 0 heterocycles. The van der Waals surface area contributed by atoms with Crippen LogP contribution in [0.15, 0.2) is 18.2 Å². The molecular weight excluding hydrogens is 260 g/mol. The molecule has 1 aromatic rings. The fraction of sp³-hybridized carbons (Fsp3) is 0.556. The highest BCUT2D eigenvalue weighted by Gasteiger charge is 2.60. The number of carbonyl (C=O) groups excluding carboxylic acids is 1. The molecule has 2 bridgehead atoms. The van der Waals surface area contributed by atoms with Gasteiger partial charge in [0.2, 0.25) is 5.91 Å². The average Bonchev–Trinajstić information content (AvgIpc) is 2.93. The van der Waals surface area contributed by atoms with E-state index in [2.05, 4.69) is 43.4 Å². The Morgan fingerprint density at radius 3 is 2.67 bits per heavy atom. The van der Waals surface area contributed by atoms with Crippen molar-refractivity contribution in [2.24, 2.45) is 17.3 Å². The lowest BCUT2D eigenvalue weighted by molar-refractivity contribution is -0.130. The Hall–Kier alpha value is -1.82. The fourth-order valence-electron chi connectivity index (χ4n) is 4.11. The number of benzene rings is 1. The first-order chi connectivity index (χ1) is 9.96. The van der Waals surface area contributed by atoms with E-state index in [0.717, 1.165) is 24.8 Å². The molecule has 3 heteroatoms. The lowest BCUT2D eigenvalue weighted by Crippen LogP contribution is -2.42. The van der Waals surface area contributed by atoms with Crippen LogP contribution in [-0.2, 0) is 4.79 Å². The van der Waals surface area contributed by atoms with Crippen molar-refractivity contribution in [3.8, 4) is 6.07 Å². The molecule has 0 aromatic heterocycles. The first kappa shape index (κ1) is 14.1. The van der Waals surface area contributed by atoms with Gasteiger partial charge < -0.3 is 5.32 Å². The molecule has 0 spiro atoms. The normalized spacial score (nSPS) is 31.1. The van der Waals surface area contributed by atoms with Crippen LogP contribution in [0.3, 0.4) is 0 Å². The highest BCUT2D eigenvalue weighted by molar-refractivity contribution is 5.87. The van der Waals surface area contributed by atoms with Crippen LogP contribution >= 0.6 is 0 Å². The van der Waals surface area contributed by atoms with Crippen molar-refractivity contribution in [3.63, 3.8) is 0 Å². The molecule has 0 saturated heterocycles. The molecule has 110 valence electrons. The number of aryl methyl sites for hydroxylation is 2. The second-order valence-electron chi connectivity index (χ2n) is 6.88. The van der Waals surface area contributed by atoms with E-state index in [1.54, 1.807) is 0 Å². The smallest absolute Gasteiger partial charge is 0.241 e. The van der Waals surface area contributed by atoms with Crippen molar-refractivity contribution in [2.75, 3.05) is 0 Å². The maximum atomic E-state index is 12.7. The van der Waals surface area contributed by atoms with Gasteiger partial charge in [0.15, 0.2) is 0 Å². The zero-order valence-electron chi connectivity index (χ0n) is 12.9. The van der Waals surface area contributed by atoms with Crippen molar-refractivity contribution in [2.45, 2.75) is 46.1 Å². The topological polar surface area (TPSA) is 52.9 Å². The molecule has 3 saturated carbocycles. The predicted molar refractivity (Wildman–Crippen MR) is 81.4 cm³/mol. The Morgan fingerprint density at radius 2 is 2.14 bits per heavy atom. The van der Waals surface area contributed by atoms with Gasteiger partial charge in [-0.25, -0.2) is 0 Å². The van der Waals surface area contributed by atoms with Crippen LogP contribution in [0.1, 0.15) is 48.9 Å². The number of nitrogens with one attached hydrogen (secondary N) is 1. The number of nitriles is 1. The lowest BCUT2D eigenvalue weighted by atomic mass is 9.75. The number of amides is 1. The van der Waals surface area contributed by atoms with Gasteiger partial charge in [0.25, 0.3) is 0 Å². The molecule has 3 fully saturated rings. The molecular formula is C18H22N2O. The van der Waals surface area contributed by atoms with E-state index in [0.29, 0.717) is 5.92 Å². The SMILES string of the molecule is Cc1ccc(C(C)NC(=O)C2(C#N)CC3CC2C3)c(C)c1. The maximum absolute atomic E-state index is 12.7. The van der Waals surface area contributed by atoms with E-state index in [-0.39, 0.29) is 17.9 Å². The van der Waals surface area contributed by atoms with E-state index in [4.69, 9.17) is 0 Å². The van der Waals surface area contributed by atoms with Crippen molar-refractivity contribution in [1.29, 1.82) is 5.26 Å². The van der Waals surface area contributed by atoms with Gasteiger partial charge in [0.05, 0.1) is 12.1 Å². The molecule has 4 rings (SSSR count). The van der Waals surface area contributed by atoms with Gasteiger partial charge >= 0.3 is 0 Å². The van der Waals surface area contributed by atoms with Gasteiger partial charge in [0, 0.05) is 0 Å². The molecule has 2 unspecified atom stereocenters. The lowest BCUT2D eigenvalue weighted by Gasteiger charge is -2.29. The minimum Gasteiger partial charge on any atom is -0.348 e. The second-order valence-corrected chi connectivity index (χ2v) is 6.88. The molecule has 1 N–H and O–H groups in total. The van der Waals surface area contributed by atoms with E-state index in [9.17, 15) is 10.1 Å². The van der Waals surface area contributed by atoms with Gasteiger partial charge in [-0.3, -0.25) is 4.79 Å². The summed E-state index contributed by atoms with van der Waals surface area (Å²) in [6, 6.07) is 8.55. The average molecular weight is 282 g/mol. The third-order valence-corrected chi connectivity index (χ3v) is 5.39. The van der Waals surface area contributed by atoms with Crippen LogP contribution in [0.5, 0.6) is 0 Å². The number of nitrogens with zero attached hydrogens (tertiary/aromatic N) is 1. The van der Waals surface area contributed by atoms with E-state index in [1.165, 1.54) is 11.1 Å². The second kappa shape index (κ2) is 4.87. The summed E-state index contributed by atoms with van der Waals surface area (Å²) in [4.78, 5) is 12.7. The Labute approximate surface area is 126 Å². The van der Waals surface area contributed by atoms with Crippen LogP contribution in [0.25, 0.3) is 0 Å². The van der Waals surface area contributed by atoms with Crippen molar-refractivity contribution in [1.82, 2.24) is 5.32 Å². The van der Waals surface area contributed by atoms with E-state index >= 15 is 0 Å². The van der Waals surface area contributed by atoms with E-state index < -0.39 is 5.41 Å². The Bertz CT molecular complexity index is 625. The van der Waals surface area contributed by atoms with Crippen LogP contribution in [0.2, 0.25) is 0 Å². The Morgan fingerprint density at radius 1 is 1.43 bits per heavy atom. The van der Waals surface area contributed by atoms with Crippen molar-refractivity contribution >= 4 is 5.91 Å². The summed E-state index contributed by atoms with van der Waals surface area (Å²) in [7, 11) is 0. The molecule has 1 amide bonds. The summed E-state index contributed by atoms with van der Waals surface area (Å²) in [5.41, 5.74) is 2.77. The van der Waals surface area contributed by atoms with Crippen LogP contribution in [-0.4, -0.2) is 5.91 Å². The van der Waals surface area contributed by atoms with Gasteiger partial charge in [-0.15, -0.1) is 0 Å². The number of rotatable bonds is 3. The summed E-state index contributed by atoms with van der Waals surface area (Å²) in [6.07, 6.45) is 2.86. The molecule has 2 atom stereocenters. The Kier molecular flexibility index (Phi) is 3.28. The van der Waals surface area contributed by atoms with Crippen molar-refractivity contribution < 1.29 is 4.79 Å². The zero-order chi connectivity index (χ0) is 15.2. The Balaban J connectivity index is 1.77. The monoisotopic (exact) mass is 282 g/mol. The molecule has 3 nitrogen and oxygen atoms in total. The van der Waals surface area contributed by atoms with Gasteiger partial charge in [-0.1, -0.05) is 23.8 Å². The van der Waals surface area contributed by atoms with Crippen LogP contribution in [0, 0.1) is 42.4 Å². The highest BCUT2D eigenvalue weighted by Crippen LogP contribution is 2.59. The summed E-state index contributed by atoms with van der Waals surface area (Å²) in [5, 5.41) is 12.6. The van der Waals surface area contributed by atoms with Gasteiger partial charge in [-0.05, 0) is 63.0 Å². The number of hydrogen-bond donors (Lipinski definition) is 1. The predicted octanol–water partition coefficient (Wildman–Crippen LogP) is 3.42. The number of hydrogen-bond acceptors (Lipinski definition) is 2. The minimum atomic E-state index is -0.766. The third kappa shape index (κ3) is 2.14. The third-order valence-electron chi connectivity index (χ3n) is 5.39. The van der Waals surface area contributed by atoms with Crippen LogP contribution < -0.4 is 5.32 Å². The molecule has 0 radical (unpaired) electrons. The highest BCUT2D eigenvalue weighted by atomic mass is 16.2. The first-order valence-corrected chi connectivity index (χ1v) is 7.75. The summed E-state index contributed by atoms with van der Waals surface area (Å²) in [6.45, 7) is 6.13. The number of carbonyl (C=O) groups is 1.